The molecular formula is C63H71ClN10O9S. The molecule has 4 amide bonds. The van der Waals surface area contributed by atoms with Crippen LogP contribution in [0.2, 0.25) is 5.02 Å². The number of hydrogen-bond acceptors (Lipinski definition) is 14. The van der Waals surface area contributed by atoms with Crippen LogP contribution < -0.4 is 30.3 Å². The minimum atomic E-state index is -4.62. The predicted molar refractivity (Wildman–Crippen MR) is 323 cm³/mol. The normalized spacial score (nSPS) is 20.2. The molecule has 1 atom stereocenters. The Morgan fingerprint density at radius 2 is 1.71 bits per heavy atom. The maximum absolute atomic E-state index is 14.2. The zero-order chi connectivity index (χ0) is 58.7. The van der Waals surface area contributed by atoms with Gasteiger partial charge in [0.2, 0.25) is 11.8 Å². The summed E-state index contributed by atoms with van der Waals surface area (Å²) in [6, 6.07) is 25.9. The fraction of sp³-hybridized carbons (Fsp3) is 0.413. The van der Waals surface area contributed by atoms with Gasteiger partial charge in [0.15, 0.2) is 0 Å². The fourth-order valence-electron chi connectivity index (χ4n) is 12.7. The second-order valence-corrected chi connectivity index (χ2v) is 25.9. The van der Waals surface area contributed by atoms with E-state index >= 15 is 0 Å². The van der Waals surface area contributed by atoms with Crippen molar-refractivity contribution in [1.29, 1.82) is 0 Å². The second-order valence-electron chi connectivity index (χ2n) is 23.8. The first-order valence-electron chi connectivity index (χ1n) is 29.2. The first-order valence-corrected chi connectivity index (χ1v) is 31.1. The van der Waals surface area contributed by atoms with E-state index in [1.165, 1.54) is 35.0 Å². The number of aromatic amines is 1. The van der Waals surface area contributed by atoms with Crippen molar-refractivity contribution >= 4 is 78.9 Å². The number of anilines is 2. The highest BCUT2D eigenvalue weighted by molar-refractivity contribution is 7.90. The third-order valence-electron chi connectivity index (χ3n) is 17.5. The van der Waals surface area contributed by atoms with Gasteiger partial charge in [-0.3, -0.25) is 39.5 Å². The number of nitrogens with one attached hydrogen (secondary N) is 5. The number of fused-ring (bicyclic) bond motifs is 2. The Morgan fingerprint density at radius 1 is 0.917 bits per heavy atom. The van der Waals surface area contributed by atoms with Crippen molar-refractivity contribution < 1.29 is 37.3 Å². The topological polar surface area (TPSA) is 241 Å². The van der Waals surface area contributed by atoms with Crippen LogP contribution in [0.5, 0.6) is 11.5 Å². The molecule has 2 aliphatic carbocycles. The van der Waals surface area contributed by atoms with Gasteiger partial charge < -0.3 is 30.2 Å². The number of amides is 4. The molecule has 3 aliphatic heterocycles. The van der Waals surface area contributed by atoms with Crippen LogP contribution in [0.15, 0.2) is 114 Å². The van der Waals surface area contributed by atoms with Crippen LogP contribution in [0.3, 0.4) is 0 Å². The van der Waals surface area contributed by atoms with Gasteiger partial charge in [0.05, 0.1) is 21.6 Å². The van der Waals surface area contributed by atoms with Crippen LogP contribution in [0, 0.1) is 21.4 Å². The van der Waals surface area contributed by atoms with Crippen LogP contribution >= 0.6 is 11.6 Å². The van der Waals surface area contributed by atoms with Gasteiger partial charge in [-0.15, -0.1) is 0 Å². The molecule has 84 heavy (non-hydrogen) atoms. The Bertz CT molecular complexity index is 3650. The lowest BCUT2D eigenvalue weighted by Crippen LogP contribution is -2.52. The number of benzene rings is 4. The molecule has 1 saturated carbocycles. The molecule has 2 aromatic heterocycles. The SMILES string of the molecule is CC1(C)CCC(CN2CCN(c3ccc(C(=O)NS(=O)(=O)c4ccc(NC[C@H]5CC[C@@H](NCCCCc6cccc7c6CN(C6CCC(=O)NC6=O)C7=O)CC5)c([N+](=O)[O-])c4)c(Oc4cnc5[nH]ccc5c4)c3)CC2)=C(c2ccc(Cl)cc2)C1. The second kappa shape index (κ2) is 24.9. The molecule has 0 radical (unpaired) electrons. The minimum absolute atomic E-state index is 0.0528. The van der Waals surface area contributed by atoms with Crippen molar-refractivity contribution in [2.45, 2.75) is 114 Å². The zero-order valence-electron chi connectivity index (χ0n) is 47.4. The average Bonchev–Trinajstić information content (AvgIpc) is 2.72. The van der Waals surface area contributed by atoms with Crippen LogP contribution in [-0.4, -0.2) is 115 Å². The summed E-state index contributed by atoms with van der Waals surface area (Å²) in [6.07, 6.45) is 13.3. The Balaban J connectivity index is 0.681. The summed E-state index contributed by atoms with van der Waals surface area (Å²) in [5.41, 5.74) is 8.12. The zero-order valence-corrected chi connectivity index (χ0v) is 49.0. The quantitative estimate of drug-likeness (QED) is 0.0207. The number of aromatic nitrogens is 2. The largest absolute Gasteiger partial charge is 0.455 e. The Morgan fingerprint density at radius 3 is 2.49 bits per heavy atom. The summed E-state index contributed by atoms with van der Waals surface area (Å²) in [5.74, 6) is -1.17. The van der Waals surface area contributed by atoms with Crippen LogP contribution in [0.4, 0.5) is 17.1 Å². The first-order chi connectivity index (χ1) is 40.4. The van der Waals surface area contributed by atoms with Gasteiger partial charge in [-0.1, -0.05) is 55.3 Å². The number of pyridine rings is 1. The van der Waals surface area contributed by atoms with Gasteiger partial charge in [0.1, 0.15) is 28.9 Å². The number of halogens is 1. The van der Waals surface area contributed by atoms with Crippen molar-refractivity contribution in [1.82, 2.24) is 35.1 Å². The molecule has 4 aromatic carbocycles. The first kappa shape index (κ1) is 58.1. The molecular weight excluding hydrogens is 1110 g/mol. The smallest absolute Gasteiger partial charge is 0.293 e. The molecule has 440 valence electrons. The van der Waals surface area contributed by atoms with E-state index < -0.39 is 43.4 Å². The van der Waals surface area contributed by atoms with Crippen LogP contribution in [0.1, 0.15) is 122 Å². The average molecular weight is 1180 g/mol. The number of carbonyl (C=O) groups excluding carboxylic acids is 4. The monoisotopic (exact) mass is 1180 g/mol. The number of hydrogen-bond donors (Lipinski definition) is 5. The number of imide groups is 1. The van der Waals surface area contributed by atoms with E-state index in [0.29, 0.717) is 55.6 Å². The van der Waals surface area contributed by atoms with Gasteiger partial charge in [0, 0.05) is 98.3 Å². The number of unbranched alkanes of at least 4 members (excludes halogenated alkanes) is 1. The number of rotatable bonds is 20. The van der Waals surface area contributed by atoms with Crippen molar-refractivity contribution in [2.75, 3.05) is 56.0 Å². The molecule has 1 unspecified atom stereocenters. The van der Waals surface area contributed by atoms with Gasteiger partial charge in [-0.05, 0) is 165 Å². The molecule has 19 nitrogen and oxygen atoms in total. The van der Waals surface area contributed by atoms with Gasteiger partial charge >= 0.3 is 0 Å². The molecule has 5 aliphatic rings. The van der Waals surface area contributed by atoms with Crippen molar-refractivity contribution in [3.8, 4) is 11.5 Å². The van der Waals surface area contributed by atoms with Crippen molar-refractivity contribution in [3.05, 3.63) is 152 Å². The summed E-state index contributed by atoms with van der Waals surface area (Å²) in [6.45, 7) is 10.2. The van der Waals surface area contributed by atoms with Crippen molar-refractivity contribution in [3.63, 3.8) is 0 Å². The van der Waals surface area contributed by atoms with Crippen molar-refractivity contribution in [2.24, 2.45) is 11.3 Å². The maximum atomic E-state index is 14.2. The van der Waals surface area contributed by atoms with Crippen LogP contribution in [-0.2, 0) is 32.6 Å². The van der Waals surface area contributed by atoms with Gasteiger partial charge in [0.25, 0.3) is 27.5 Å². The molecule has 0 spiro atoms. The van der Waals surface area contributed by atoms with E-state index in [9.17, 15) is 37.7 Å². The van der Waals surface area contributed by atoms with E-state index in [0.717, 1.165) is 124 Å². The van der Waals surface area contributed by atoms with E-state index in [2.05, 4.69) is 66.4 Å². The molecule has 5 heterocycles. The van der Waals surface area contributed by atoms with E-state index in [-0.39, 0.29) is 46.6 Å². The summed E-state index contributed by atoms with van der Waals surface area (Å²) in [5, 5.41) is 23.2. The highest BCUT2D eigenvalue weighted by Crippen LogP contribution is 2.44. The van der Waals surface area contributed by atoms with Gasteiger partial charge in [-0.25, -0.2) is 18.1 Å². The third kappa shape index (κ3) is 13.3. The molecule has 11 rings (SSSR count). The third-order valence-corrected chi connectivity index (χ3v) is 19.0. The fourth-order valence-corrected chi connectivity index (χ4v) is 13.8. The van der Waals surface area contributed by atoms with E-state index in [1.54, 1.807) is 35.4 Å². The predicted octanol–water partition coefficient (Wildman–Crippen LogP) is 10.2. The number of ether oxygens (including phenoxy) is 1. The van der Waals surface area contributed by atoms with E-state index in [1.807, 2.05) is 36.4 Å². The molecule has 0 bridgehead atoms. The number of piperidine rings is 1. The van der Waals surface area contributed by atoms with Crippen LogP contribution in [0.25, 0.3) is 16.6 Å². The highest BCUT2D eigenvalue weighted by atomic mass is 35.5. The number of allylic oxidation sites excluding steroid dienone is 1. The number of piperazine rings is 1. The minimum Gasteiger partial charge on any atom is -0.455 e. The number of nitro groups is 1. The molecule has 21 heteroatoms. The number of nitro benzene ring substituents is 1. The van der Waals surface area contributed by atoms with Gasteiger partial charge in [-0.2, -0.15) is 0 Å². The summed E-state index contributed by atoms with van der Waals surface area (Å²) in [4.78, 5) is 76.9. The highest BCUT2D eigenvalue weighted by Gasteiger charge is 2.40. The summed E-state index contributed by atoms with van der Waals surface area (Å²) >= 11 is 6.27. The number of aryl methyl sites for hydroxylation is 1. The number of sulfonamides is 1. The maximum Gasteiger partial charge on any atom is 0.293 e. The molecule has 5 N–H and O–H groups in total. The number of H-pyrrole nitrogens is 1. The Kier molecular flexibility index (Phi) is 17.2. The summed E-state index contributed by atoms with van der Waals surface area (Å²) in [7, 11) is -4.62. The lowest BCUT2D eigenvalue weighted by molar-refractivity contribution is -0.384. The summed E-state index contributed by atoms with van der Waals surface area (Å²) < 4.78 is 36.5. The Hall–Kier alpha value is -7.65. The number of carbonyl (C=O) groups is 4. The molecule has 6 aromatic rings. The van der Waals surface area contributed by atoms with E-state index in [4.69, 9.17) is 16.3 Å². The lowest BCUT2D eigenvalue weighted by Gasteiger charge is -2.39. The number of nitrogens with zero attached hydrogens (tertiary/aromatic N) is 5. The molecule has 2 saturated heterocycles. The standard InChI is InChI=1S/C63H71ClN10O9S/c1-63(2)25-23-44(52(35-63)42-11-13-45(64)14-12-42)38-71-28-30-72(31-29-71)47-17-19-51(57(33-47)83-48-32-43-24-27-66-59(43)68-37-48)60(76)70-84(81,82)49-18-20-54(56(34-49)74(79)80)67-36-40-9-15-46(16-10-40)65-26-4-3-6-41-7-5-8-50-53(41)39-73(62(50)78)55-21-22-58(75)69-61(55)77/h5,7-8,11-14,17-20,24,27,32-34,37,40,46,55,65,67H,3-4,6,9-10,15-16,21-23,25-26,28-31,35-36,38-39H2,1-2H3,(H,66,68)(H,70,76)(H,69,75,77)/t40-,46+,55?. The Labute approximate surface area is 494 Å². The molecule has 3 fully saturated rings. The lowest BCUT2D eigenvalue weighted by atomic mass is 9.72.